The standard InChI is InChI=1S/C31H46N4O3S/c1-2-3-4-5-6-7-8-16-23-32-30(39)33-24-17-15-22-28(29(36)34-27-20-13-10-14-21-27)35-31(37)38-25-26-18-11-9-12-19-26/h9-14,18-21,28H,2-8,15-17,22-25H2,1H3,(H,34,36)(H,35,37)(H2,32,33,39)/t28-/m0/s1. The van der Waals surface area contributed by atoms with Crippen LogP contribution in [0.3, 0.4) is 0 Å². The summed E-state index contributed by atoms with van der Waals surface area (Å²) in [6.45, 7) is 3.98. The highest BCUT2D eigenvalue weighted by atomic mass is 32.1. The van der Waals surface area contributed by atoms with Crippen molar-refractivity contribution in [2.24, 2.45) is 0 Å². The van der Waals surface area contributed by atoms with E-state index >= 15 is 0 Å². The molecule has 0 unspecified atom stereocenters. The average molecular weight is 555 g/mol. The number of alkyl carbamates (subject to hydrolysis) is 1. The lowest BCUT2D eigenvalue weighted by Gasteiger charge is -2.19. The van der Waals surface area contributed by atoms with Crippen LogP contribution in [0.1, 0.15) is 83.1 Å². The van der Waals surface area contributed by atoms with Crippen LogP contribution in [-0.4, -0.2) is 36.2 Å². The fraction of sp³-hybridized carbons (Fsp3) is 0.516. The van der Waals surface area contributed by atoms with Gasteiger partial charge in [-0.1, -0.05) is 100 Å². The zero-order valence-corrected chi connectivity index (χ0v) is 24.2. The predicted molar refractivity (Wildman–Crippen MR) is 164 cm³/mol. The van der Waals surface area contributed by atoms with Crippen LogP contribution in [0.2, 0.25) is 0 Å². The summed E-state index contributed by atoms with van der Waals surface area (Å²) in [5.74, 6) is -0.270. The number of ether oxygens (including phenoxy) is 1. The zero-order valence-electron chi connectivity index (χ0n) is 23.4. The highest BCUT2D eigenvalue weighted by Crippen LogP contribution is 2.10. The van der Waals surface area contributed by atoms with Gasteiger partial charge in [-0.25, -0.2) is 4.79 Å². The second kappa shape index (κ2) is 20.8. The molecule has 0 aromatic heterocycles. The Balaban J connectivity index is 1.66. The topological polar surface area (TPSA) is 91.5 Å². The summed E-state index contributed by atoms with van der Waals surface area (Å²) in [5.41, 5.74) is 1.57. The number of hydrogen-bond acceptors (Lipinski definition) is 4. The van der Waals surface area contributed by atoms with Crippen LogP contribution in [0.5, 0.6) is 0 Å². The second-order valence-corrected chi connectivity index (χ2v) is 10.2. The van der Waals surface area contributed by atoms with Crippen LogP contribution in [-0.2, 0) is 16.1 Å². The van der Waals surface area contributed by atoms with Gasteiger partial charge in [-0.05, 0) is 55.6 Å². The van der Waals surface area contributed by atoms with Crippen LogP contribution in [0.4, 0.5) is 10.5 Å². The molecule has 2 aromatic carbocycles. The van der Waals surface area contributed by atoms with Crippen molar-refractivity contribution in [3.8, 4) is 0 Å². The van der Waals surface area contributed by atoms with E-state index in [9.17, 15) is 9.59 Å². The summed E-state index contributed by atoms with van der Waals surface area (Å²) >= 11 is 5.38. The molecule has 0 heterocycles. The van der Waals surface area contributed by atoms with E-state index in [0.717, 1.165) is 31.4 Å². The van der Waals surface area contributed by atoms with Gasteiger partial charge in [0.25, 0.3) is 0 Å². The SMILES string of the molecule is CCCCCCCCCCNC(=S)NCCCC[C@H](NC(=O)OCc1ccccc1)C(=O)Nc1ccccc1. The summed E-state index contributed by atoms with van der Waals surface area (Å²) < 4.78 is 5.33. The third kappa shape index (κ3) is 15.8. The molecule has 0 aliphatic rings. The normalized spacial score (nSPS) is 11.3. The Morgan fingerprint density at radius 3 is 1.97 bits per heavy atom. The van der Waals surface area contributed by atoms with E-state index in [0.29, 0.717) is 23.8 Å². The van der Waals surface area contributed by atoms with Gasteiger partial charge in [-0.2, -0.15) is 0 Å². The number of unbranched alkanes of at least 4 members (excludes halogenated alkanes) is 8. The number of para-hydroxylation sites is 1. The number of nitrogens with one attached hydrogen (secondary N) is 4. The highest BCUT2D eigenvalue weighted by molar-refractivity contribution is 7.80. The first kappa shape index (κ1) is 32.1. The van der Waals surface area contributed by atoms with Crippen LogP contribution >= 0.6 is 12.2 Å². The minimum absolute atomic E-state index is 0.146. The van der Waals surface area contributed by atoms with Crippen molar-refractivity contribution in [1.82, 2.24) is 16.0 Å². The summed E-state index contributed by atoms with van der Waals surface area (Å²) in [5, 5.41) is 12.8. The van der Waals surface area contributed by atoms with Crippen molar-refractivity contribution in [3.63, 3.8) is 0 Å². The van der Waals surface area contributed by atoms with Gasteiger partial charge in [0, 0.05) is 18.8 Å². The molecular formula is C31H46N4O3S. The van der Waals surface area contributed by atoms with Crippen molar-refractivity contribution in [2.75, 3.05) is 18.4 Å². The Morgan fingerprint density at radius 2 is 1.33 bits per heavy atom. The largest absolute Gasteiger partial charge is 0.445 e. The molecule has 1 atom stereocenters. The Morgan fingerprint density at radius 1 is 0.769 bits per heavy atom. The molecule has 0 radical (unpaired) electrons. The van der Waals surface area contributed by atoms with Crippen LogP contribution < -0.4 is 21.3 Å². The van der Waals surface area contributed by atoms with Crippen molar-refractivity contribution < 1.29 is 14.3 Å². The van der Waals surface area contributed by atoms with E-state index in [2.05, 4.69) is 28.2 Å². The molecule has 2 aromatic rings. The maximum atomic E-state index is 12.9. The predicted octanol–water partition coefficient (Wildman–Crippen LogP) is 6.70. The summed E-state index contributed by atoms with van der Waals surface area (Å²) in [7, 11) is 0. The van der Waals surface area contributed by atoms with Crippen molar-refractivity contribution in [1.29, 1.82) is 0 Å². The zero-order chi connectivity index (χ0) is 28.0. The summed E-state index contributed by atoms with van der Waals surface area (Å²) in [6, 6.07) is 18.0. The maximum Gasteiger partial charge on any atom is 0.408 e. The van der Waals surface area contributed by atoms with Crippen LogP contribution in [0, 0.1) is 0 Å². The molecule has 4 N–H and O–H groups in total. The van der Waals surface area contributed by atoms with Gasteiger partial charge >= 0.3 is 6.09 Å². The molecule has 2 rings (SSSR count). The minimum Gasteiger partial charge on any atom is -0.445 e. The fourth-order valence-corrected chi connectivity index (χ4v) is 4.33. The van der Waals surface area contributed by atoms with Gasteiger partial charge < -0.3 is 26.0 Å². The molecule has 0 bridgehead atoms. The molecule has 214 valence electrons. The number of carbonyl (C=O) groups excluding carboxylic acids is 2. The molecule has 0 spiro atoms. The lowest BCUT2D eigenvalue weighted by atomic mass is 10.1. The number of anilines is 1. The van der Waals surface area contributed by atoms with Gasteiger partial charge in [0.05, 0.1) is 0 Å². The second-order valence-electron chi connectivity index (χ2n) is 9.77. The monoisotopic (exact) mass is 554 g/mol. The van der Waals surface area contributed by atoms with Crippen molar-refractivity contribution >= 4 is 35.0 Å². The molecule has 0 saturated heterocycles. The van der Waals surface area contributed by atoms with E-state index in [1.165, 1.54) is 44.9 Å². The Kier molecular flexibility index (Phi) is 17.1. The first-order valence-electron chi connectivity index (χ1n) is 14.4. The minimum atomic E-state index is -0.708. The van der Waals surface area contributed by atoms with Crippen LogP contribution in [0.25, 0.3) is 0 Å². The molecular weight excluding hydrogens is 508 g/mol. The Labute approximate surface area is 239 Å². The van der Waals surface area contributed by atoms with E-state index in [4.69, 9.17) is 17.0 Å². The van der Waals surface area contributed by atoms with Gasteiger partial charge in [0.2, 0.25) is 5.91 Å². The summed E-state index contributed by atoms with van der Waals surface area (Å²) in [4.78, 5) is 25.4. The number of amides is 2. The first-order valence-corrected chi connectivity index (χ1v) is 14.8. The van der Waals surface area contributed by atoms with Gasteiger partial charge in [0.1, 0.15) is 12.6 Å². The van der Waals surface area contributed by atoms with Crippen molar-refractivity contribution in [3.05, 3.63) is 66.2 Å². The van der Waals surface area contributed by atoms with E-state index in [1.807, 2.05) is 60.7 Å². The van der Waals surface area contributed by atoms with E-state index in [1.54, 1.807) is 0 Å². The average Bonchev–Trinajstić information content (AvgIpc) is 2.95. The fourth-order valence-electron chi connectivity index (χ4n) is 4.13. The molecule has 2 amide bonds. The quantitative estimate of drug-likeness (QED) is 0.114. The first-order chi connectivity index (χ1) is 19.1. The Hall–Kier alpha value is -3.13. The van der Waals surface area contributed by atoms with Crippen LogP contribution in [0.15, 0.2) is 60.7 Å². The van der Waals surface area contributed by atoms with E-state index in [-0.39, 0.29) is 12.5 Å². The number of rotatable bonds is 19. The van der Waals surface area contributed by atoms with E-state index < -0.39 is 12.1 Å². The third-order valence-electron chi connectivity index (χ3n) is 6.38. The third-order valence-corrected chi connectivity index (χ3v) is 6.67. The smallest absolute Gasteiger partial charge is 0.408 e. The molecule has 0 aliphatic carbocycles. The van der Waals surface area contributed by atoms with Gasteiger partial charge in [0.15, 0.2) is 5.11 Å². The molecule has 0 saturated carbocycles. The highest BCUT2D eigenvalue weighted by Gasteiger charge is 2.21. The van der Waals surface area contributed by atoms with Crippen molar-refractivity contribution in [2.45, 2.75) is 90.2 Å². The number of carbonyl (C=O) groups is 2. The van der Waals surface area contributed by atoms with Gasteiger partial charge in [-0.15, -0.1) is 0 Å². The maximum absolute atomic E-state index is 12.9. The Bertz CT molecular complexity index is 943. The van der Waals surface area contributed by atoms with Gasteiger partial charge in [-0.3, -0.25) is 4.79 Å². The molecule has 0 fully saturated rings. The number of hydrogen-bond donors (Lipinski definition) is 4. The number of thiocarbonyl (C=S) groups is 1. The molecule has 7 nitrogen and oxygen atoms in total. The molecule has 0 aliphatic heterocycles. The molecule has 39 heavy (non-hydrogen) atoms. The lowest BCUT2D eigenvalue weighted by molar-refractivity contribution is -0.118. The number of benzene rings is 2. The molecule has 8 heteroatoms. The lowest BCUT2D eigenvalue weighted by Crippen LogP contribution is -2.44. The summed E-state index contributed by atoms with van der Waals surface area (Å²) in [6.07, 6.45) is 11.7.